The van der Waals surface area contributed by atoms with Crippen LogP contribution in [0.15, 0.2) is 0 Å². The van der Waals surface area contributed by atoms with E-state index in [9.17, 15) is 9.90 Å². The molecule has 0 spiro atoms. The van der Waals surface area contributed by atoms with E-state index in [4.69, 9.17) is 0 Å². The van der Waals surface area contributed by atoms with Gasteiger partial charge in [-0.05, 0) is 26.7 Å². The van der Waals surface area contributed by atoms with Crippen molar-refractivity contribution in [3.63, 3.8) is 0 Å². The number of urea groups is 1. The number of aliphatic hydroxyl groups excluding tert-OH is 1. The van der Waals surface area contributed by atoms with Crippen LogP contribution in [0.1, 0.15) is 33.1 Å². The summed E-state index contributed by atoms with van der Waals surface area (Å²) in [5, 5.41) is 12.5. The molecular weight excluding hydrogens is 192 g/mol. The summed E-state index contributed by atoms with van der Waals surface area (Å²) < 4.78 is 0. The van der Waals surface area contributed by atoms with Crippen LogP contribution in [-0.4, -0.2) is 41.8 Å². The molecule has 1 saturated carbocycles. The molecule has 2 N–H and O–H groups in total. The van der Waals surface area contributed by atoms with Gasteiger partial charge in [0.1, 0.15) is 0 Å². The van der Waals surface area contributed by atoms with Gasteiger partial charge in [-0.15, -0.1) is 0 Å². The average Bonchev–Trinajstić information content (AvgIpc) is 2.63. The first-order valence-corrected chi connectivity index (χ1v) is 5.89. The van der Waals surface area contributed by atoms with Crippen LogP contribution >= 0.6 is 0 Å². The molecular formula is C11H22N2O2. The number of nitrogens with zero attached hydrogens (tertiary/aromatic N) is 1. The minimum absolute atomic E-state index is 0.0147. The number of carbonyl (C=O) groups excluding carboxylic acids is 1. The van der Waals surface area contributed by atoms with Gasteiger partial charge < -0.3 is 15.3 Å². The normalized spacial score (nSPS) is 25.3. The van der Waals surface area contributed by atoms with Gasteiger partial charge in [0.05, 0.1) is 6.10 Å². The molecule has 0 bridgehead atoms. The minimum atomic E-state index is -0.220. The van der Waals surface area contributed by atoms with E-state index in [0.29, 0.717) is 6.54 Å². The fourth-order valence-corrected chi connectivity index (χ4v) is 2.10. The molecule has 0 saturated heterocycles. The lowest BCUT2D eigenvalue weighted by molar-refractivity contribution is 0.130. The highest BCUT2D eigenvalue weighted by atomic mass is 16.3. The predicted octanol–water partition coefficient (Wildman–Crippen LogP) is 1.20. The average molecular weight is 214 g/mol. The summed E-state index contributed by atoms with van der Waals surface area (Å²) in [6.07, 6.45) is 2.76. The molecule has 15 heavy (non-hydrogen) atoms. The number of carbonyl (C=O) groups is 1. The fraction of sp³-hybridized carbons (Fsp3) is 0.909. The second-order valence-corrected chi connectivity index (χ2v) is 4.12. The van der Waals surface area contributed by atoms with Crippen molar-refractivity contribution < 1.29 is 9.90 Å². The van der Waals surface area contributed by atoms with Crippen LogP contribution in [0.5, 0.6) is 0 Å². The number of hydrogen-bond acceptors (Lipinski definition) is 2. The molecule has 2 amide bonds. The number of hydrogen-bond donors (Lipinski definition) is 2. The molecule has 0 radical (unpaired) electrons. The monoisotopic (exact) mass is 214 g/mol. The summed E-state index contributed by atoms with van der Waals surface area (Å²) in [7, 11) is 0. The van der Waals surface area contributed by atoms with E-state index >= 15 is 0 Å². The molecule has 1 aliphatic rings. The maximum absolute atomic E-state index is 11.6. The van der Waals surface area contributed by atoms with Crippen LogP contribution in [0.2, 0.25) is 0 Å². The molecule has 4 nitrogen and oxygen atoms in total. The Labute approximate surface area is 91.6 Å². The van der Waals surface area contributed by atoms with Gasteiger partial charge in [0.2, 0.25) is 0 Å². The van der Waals surface area contributed by atoms with Crippen molar-refractivity contribution in [2.24, 2.45) is 5.92 Å². The third kappa shape index (κ3) is 3.38. The molecule has 0 aromatic heterocycles. The number of rotatable bonds is 4. The van der Waals surface area contributed by atoms with Crippen molar-refractivity contribution in [2.45, 2.75) is 39.2 Å². The van der Waals surface area contributed by atoms with E-state index in [1.165, 1.54) is 0 Å². The van der Waals surface area contributed by atoms with E-state index in [1.807, 2.05) is 13.8 Å². The van der Waals surface area contributed by atoms with E-state index in [2.05, 4.69) is 5.32 Å². The highest BCUT2D eigenvalue weighted by molar-refractivity contribution is 5.74. The highest BCUT2D eigenvalue weighted by Gasteiger charge is 2.25. The molecule has 4 heteroatoms. The van der Waals surface area contributed by atoms with Crippen molar-refractivity contribution in [1.82, 2.24) is 10.2 Å². The summed E-state index contributed by atoms with van der Waals surface area (Å²) in [6.45, 7) is 6.00. The van der Waals surface area contributed by atoms with Crippen LogP contribution in [0, 0.1) is 5.92 Å². The molecule has 0 aromatic carbocycles. The van der Waals surface area contributed by atoms with Gasteiger partial charge in [0, 0.05) is 25.6 Å². The lowest BCUT2D eigenvalue weighted by atomic mass is 10.1. The van der Waals surface area contributed by atoms with Crippen LogP contribution in [-0.2, 0) is 0 Å². The smallest absolute Gasteiger partial charge is 0.317 e. The maximum atomic E-state index is 11.6. The molecule has 1 rings (SSSR count). The third-order valence-corrected chi connectivity index (χ3v) is 3.19. The predicted molar refractivity (Wildman–Crippen MR) is 59.7 cm³/mol. The maximum Gasteiger partial charge on any atom is 0.317 e. The summed E-state index contributed by atoms with van der Waals surface area (Å²) >= 11 is 0. The van der Waals surface area contributed by atoms with Gasteiger partial charge in [-0.1, -0.05) is 6.42 Å². The number of aliphatic hydroxyl groups is 1. The van der Waals surface area contributed by atoms with Crippen LogP contribution in [0.25, 0.3) is 0 Å². The molecule has 0 aliphatic heterocycles. The van der Waals surface area contributed by atoms with Gasteiger partial charge in [-0.25, -0.2) is 4.79 Å². The molecule has 2 atom stereocenters. The Morgan fingerprint density at radius 3 is 2.53 bits per heavy atom. The zero-order valence-electron chi connectivity index (χ0n) is 9.70. The van der Waals surface area contributed by atoms with Gasteiger partial charge in [-0.3, -0.25) is 0 Å². The van der Waals surface area contributed by atoms with Crippen LogP contribution in [0.3, 0.4) is 0 Å². The van der Waals surface area contributed by atoms with E-state index in [1.54, 1.807) is 4.90 Å². The molecule has 0 aromatic rings. The van der Waals surface area contributed by atoms with E-state index < -0.39 is 0 Å². The standard InChI is InChI=1S/C11H22N2O2/c1-3-13(4-2)11(15)12-8-9-6-5-7-10(9)14/h9-10,14H,3-8H2,1-2H3,(H,12,15). The first-order valence-electron chi connectivity index (χ1n) is 5.89. The minimum Gasteiger partial charge on any atom is -0.393 e. The first-order chi connectivity index (χ1) is 7.19. The number of amides is 2. The molecule has 1 fully saturated rings. The SMILES string of the molecule is CCN(CC)C(=O)NCC1CCCC1O. The summed E-state index contributed by atoms with van der Waals surface area (Å²) in [4.78, 5) is 13.4. The van der Waals surface area contributed by atoms with E-state index in [0.717, 1.165) is 32.4 Å². The van der Waals surface area contributed by atoms with Gasteiger partial charge in [-0.2, -0.15) is 0 Å². The van der Waals surface area contributed by atoms with E-state index in [-0.39, 0.29) is 18.1 Å². The Kier molecular flexibility index (Phi) is 4.88. The summed E-state index contributed by atoms with van der Waals surface area (Å²) in [5.41, 5.74) is 0. The molecule has 0 heterocycles. The second kappa shape index (κ2) is 5.95. The summed E-state index contributed by atoms with van der Waals surface area (Å²) in [6, 6.07) is -0.0147. The van der Waals surface area contributed by atoms with Gasteiger partial charge >= 0.3 is 6.03 Å². The Balaban J connectivity index is 2.26. The first kappa shape index (κ1) is 12.3. The fourth-order valence-electron chi connectivity index (χ4n) is 2.10. The molecule has 2 unspecified atom stereocenters. The quantitative estimate of drug-likeness (QED) is 0.739. The molecule has 88 valence electrons. The Morgan fingerprint density at radius 2 is 2.07 bits per heavy atom. The van der Waals surface area contributed by atoms with Crippen LogP contribution < -0.4 is 5.32 Å². The van der Waals surface area contributed by atoms with Crippen molar-refractivity contribution >= 4 is 6.03 Å². The van der Waals surface area contributed by atoms with Gasteiger partial charge in [0.25, 0.3) is 0 Å². The van der Waals surface area contributed by atoms with Crippen molar-refractivity contribution in [3.8, 4) is 0 Å². The zero-order chi connectivity index (χ0) is 11.3. The topological polar surface area (TPSA) is 52.6 Å². The Morgan fingerprint density at radius 1 is 1.40 bits per heavy atom. The number of nitrogens with one attached hydrogen (secondary N) is 1. The van der Waals surface area contributed by atoms with Crippen molar-refractivity contribution in [1.29, 1.82) is 0 Å². The Bertz CT molecular complexity index is 205. The van der Waals surface area contributed by atoms with Gasteiger partial charge in [0.15, 0.2) is 0 Å². The lowest BCUT2D eigenvalue weighted by Gasteiger charge is -2.21. The van der Waals surface area contributed by atoms with Crippen LogP contribution in [0.4, 0.5) is 4.79 Å². The third-order valence-electron chi connectivity index (χ3n) is 3.19. The highest BCUT2D eigenvalue weighted by Crippen LogP contribution is 2.24. The largest absolute Gasteiger partial charge is 0.393 e. The lowest BCUT2D eigenvalue weighted by Crippen LogP contribution is -2.42. The Hall–Kier alpha value is -0.770. The molecule has 1 aliphatic carbocycles. The zero-order valence-corrected chi connectivity index (χ0v) is 9.70. The second-order valence-electron chi connectivity index (χ2n) is 4.12. The van der Waals surface area contributed by atoms with Crippen molar-refractivity contribution in [3.05, 3.63) is 0 Å². The van der Waals surface area contributed by atoms with Crippen molar-refractivity contribution in [2.75, 3.05) is 19.6 Å². The summed E-state index contributed by atoms with van der Waals surface area (Å²) in [5.74, 6) is 0.254.